The Bertz CT molecular complexity index is 173. The van der Waals surface area contributed by atoms with Crippen molar-refractivity contribution in [3.05, 3.63) is 0 Å². The molecule has 2 nitrogen and oxygen atoms in total. The molecule has 0 aliphatic rings. The van der Waals surface area contributed by atoms with Gasteiger partial charge in [-0.3, -0.25) is 4.21 Å². The van der Waals surface area contributed by atoms with Gasteiger partial charge in [0.15, 0.2) is 0 Å². The van der Waals surface area contributed by atoms with E-state index in [1.165, 1.54) is 0 Å². The predicted molar refractivity (Wildman–Crippen MR) is 65.1 cm³/mol. The lowest BCUT2D eigenvalue weighted by atomic mass is 10.2. The predicted octanol–water partition coefficient (Wildman–Crippen LogP) is 2.17. The van der Waals surface area contributed by atoms with E-state index in [4.69, 9.17) is 0 Å². The fourth-order valence-corrected chi connectivity index (χ4v) is 2.92. The molecule has 0 aliphatic carbocycles. The Balaban J connectivity index is 3.98. The van der Waals surface area contributed by atoms with Gasteiger partial charge in [0.05, 0.1) is 0 Å². The summed E-state index contributed by atoms with van der Waals surface area (Å²) in [7, 11) is -0.689. The van der Waals surface area contributed by atoms with Gasteiger partial charge in [-0.05, 0) is 26.3 Å². The minimum absolute atomic E-state index is 0.254. The van der Waals surface area contributed by atoms with Gasteiger partial charge in [0, 0.05) is 27.8 Å². The molecule has 0 bridgehead atoms. The highest BCUT2D eigenvalue weighted by Gasteiger charge is 2.19. The van der Waals surface area contributed by atoms with E-state index >= 15 is 0 Å². The molecule has 0 saturated heterocycles. The maximum atomic E-state index is 11.9. The molecule has 4 atom stereocenters. The summed E-state index contributed by atoms with van der Waals surface area (Å²) < 4.78 is 11.9. The minimum Gasteiger partial charge on any atom is -0.313 e. The second-order valence-electron chi connectivity index (χ2n) is 4.11. The lowest BCUT2D eigenvalue weighted by Crippen LogP contribution is -2.39. The Labute approximate surface area is 91.3 Å². The number of nitrogens with one attached hydrogen (secondary N) is 1. The van der Waals surface area contributed by atoms with Gasteiger partial charge in [-0.15, -0.1) is 0 Å². The zero-order chi connectivity index (χ0) is 11.1. The molecule has 4 unspecified atom stereocenters. The lowest BCUT2D eigenvalue weighted by molar-refractivity contribution is 0.543. The van der Waals surface area contributed by atoms with Crippen molar-refractivity contribution in [1.29, 1.82) is 0 Å². The van der Waals surface area contributed by atoms with Crippen LogP contribution in [0.3, 0.4) is 0 Å². The first-order chi connectivity index (χ1) is 6.52. The molecule has 0 radical (unpaired) electrons. The van der Waals surface area contributed by atoms with E-state index in [-0.39, 0.29) is 5.25 Å². The van der Waals surface area contributed by atoms with E-state index in [0.29, 0.717) is 12.0 Å². The first-order valence-corrected chi connectivity index (χ1v) is 7.01. The molecular formula is C11H25NOS. The minimum atomic E-state index is -0.689. The highest BCUT2D eigenvalue weighted by molar-refractivity contribution is 7.85. The van der Waals surface area contributed by atoms with Crippen molar-refractivity contribution < 1.29 is 4.21 Å². The summed E-state index contributed by atoms with van der Waals surface area (Å²) in [6, 6.07) is 0.352. The molecular weight excluding hydrogens is 194 g/mol. The van der Waals surface area contributed by atoms with Crippen molar-refractivity contribution in [2.45, 2.75) is 52.3 Å². The van der Waals surface area contributed by atoms with E-state index in [1.54, 1.807) is 0 Å². The number of hydrogen-bond donors (Lipinski definition) is 1. The van der Waals surface area contributed by atoms with E-state index in [2.05, 4.69) is 39.9 Å². The van der Waals surface area contributed by atoms with Crippen molar-refractivity contribution in [1.82, 2.24) is 5.32 Å². The SMILES string of the molecule is CCNC(C)C(C)S(=O)CC(C)CC. The van der Waals surface area contributed by atoms with Gasteiger partial charge < -0.3 is 5.32 Å². The highest BCUT2D eigenvalue weighted by Crippen LogP contribution is 2.09. The topological polar surface area (TPSA) is 29.1 Å². The van der Waals surface area contributed by atoms with Crippen LogP contribution in [0.4, 0.5) is 0 Å². The molecule has 3 heteroatoms. The van der Waals surface area contributed by atoms with Gasteiger partial charge in [-0.25, -0.2) is 0 Å². The fraction of sp³-hybridized carbons (Fsp3) is 1.00. The smallest absolute Gasteiger partial charge is 0.0470 e. The van der Waals surface area contributed by atoms with Gasteiger partial charge in [0.25, 0.3) is 0 Å². The van der Waals surface area contributed by atoms with Crippen LogP contribution in [0, 0.1) is 5.92 Å². The van der Waals surface area contributed by atoms with Gasteiger partial charge in [0.2, 0.25) is 0 Å². The summed E-state index contributed by atoms with van der Waals surface area (Å²) >= 11 is 0. The third-order valence-corrected chi connectivity index (χ3v) is 4.93. The van der Waals surface area contributed by atoms with Crippen LogP contribution in [0.5, 0.6) is 0 Å². The Morgan fingerprint density at radius 1 is 1.21 bits per heavy atom. The normalized spacial score (nSPS) is 20.1. The van der Waals surface area contributed by atoms with Crippen molar-refractivity contribution in [3.8, 4) is 0 Å². The van der Waals surface area contributed by atoms with Crippen LogP contribution in [-0.4, -0.2) is 27.8 Å². The zero-order valence-electron chi connectivity index (χ0n) is 10.2. The lowest BCUT2D eigenvalue weighted by Gasteiger charge is -2.21. The van der Waals surface area contributed by atoms with Crippen LogP contribution in [0.15, 0.2) is 0 Å². The number of rotatable bonds is 7. The van der Waals surface area contributed by atoms with Gasteiger partial charge in [0.1, 0.15) is 0 Å². The molecule has 0 fully saturated rings. The summed E-state index contributed by atoms with van der Waals surface area (Å²) in [6.07, 6.45) is 1.12. The van der Waals surface area contributed by atoms with Gasteiger partial charge in [-0.2, -0.15) is 0 Å². The van der Waals surface area contributed by atoms with Gasteiger partial charge >= 0.3 is 0 Å². The Hall–Kier alpha value is 0.110. The molecule has 0 aliphatic heterocycles. The monoisotopic (exact) mass is 219 g/mol. The van der Waals surface area contributed by atoms with Crippen LogP contribution >= 0.6 is 0 Å². The van der Waals surface area contributed by atoms with Crippen LogP contribution in [0.1, 0.15) is 41.0 Å². The first-order valence-electron chi connectivity index (χ1n) is 5.63. The van der Waals surface area contributed by atoms with Crippen molar-refractivity contribution in [3.63, 3.8) is 0 Å². The van der Waals surface area contributed by atoms with E-state index in [9.17, 15) is 4.21 Å². The highest BCUT2D eigenvalue weighted by atomic mass is 32.2. The van der Waals surface area contributed by atoms with E-state index in [1.807, 2.05) is 0 Å². The first kappa shape index (κ1) is 14.1. The fourth-order valence-electron chi connectivity index (χ4n) is 1.27. The molecule has 0 saturated carbocycles. The molecule has 0 aromatic heterocycles. The average Bonchev–Trinajstić information content (AvgIpc) is 2.16. The molecule has 0 spiro atoms. The van der Waals surface area contributed by atoms with Crippen LogP contribution in [0.25, 0.3) is 0 Å². The standard InChI is InChI=1S/C11H25NOS/c1-6-9(3)8-14(13)11(5)10(4)12-7-2/h9-12H,6-8H2,1-5H3. The zero-order valence-corrected chi connectivity index (χ0v) is 11.0. The van der Waals surface area contributed by atoms with E-state index in [0.717, 1.165) is 18.7 Å². The molecule has 0 aromatic carbocycles. The van der Waals surface area contributed by atoms with Crippen LogP contribution in [0.2, 0.25) is 0 Å². The maximum absolute atomic E-state index is 11.9. The van der Waals surface area contributed by atoms with Crippen LogP contribution < -0.4 is 5.32 Å². The molecule has 86 valence electrons. The second-order valence-corrected chi connectivity index (χ2v) is 5.95. The average molecular weight is 219 g/mol. The largest absolute Gasteiger partial charge is 0.313 e. The Morgan fingerprint density at radius 3 is 2.21 bits per heavy atom. The quantitative estimate of drug-likeness (QED) is 0.711. The molecule has 0 aromatic rings. The van der Waals surface area contributed by atoms with Crippen LogP contribution in [-0.2, 0) is 10.8 Å². The molecule has 0 amide bonds. The molecule has 14 heavy (non-hydrogen) atoms. The van der Waals surface area contributed by atoms with Crippen molar-refractivity contribution >= 4 is 10.8 Å². The van der Waals surface area contributed by atoms with Crippen molar-refractivity contribution in [2.24, 2.45) is 5.92 Å². The summed E-state index contributed by atoms with van der Waals surface area (Å²) in [4.78, 5) is 0. The molecule has 0 rings (SSSR count). The number of hydrogen-bond acceptors (Lipinski definition) is 2. The molecule has 1 N–H and O–H groups in total. The third-order valence-electron chi connectivity index (χ3n) is 2.79. The molecule has 0 heterocycles. The summed E-state index contributed by atoms with van der Waals surface area (Å²) in [5.41, 5.74) is 0. The maximum Gasteiger partial charge on any atom is 0.0470 e. The van der Waals surface area contributed by atoms with E-state index < -0.39 is 10.8 Å². The second kappa shape index (κ2) is 7.41. The summed E-state index contributed by atoms with van der Waals surface area (Å²) in [5.74, 6) is 1.42. The Morgan fingerprint density at radius 2 is 1.79 bits per heavy atom. The Kier molecular flexibility index (Phi) is 7.47. The third kappa shape index (κ3) is 5.11. The summed E-state index contributed by atoms with van der Waals surface area (Å²) in [6.45, 7) is 11.5. The van der Waals surface area contributed by atoms with Crippen molar-refractivity contribution in [2.75, 3.05) is 12.3 Å². The summed E-state index contributed by atoms with van der Waals surface area (Å²) in [5, 5.41) is 3.58. The van der Waals surface area contributed by atoms with Gasteiger partial charge in [-0.1, -0.05) is 27.2 Å².